The molecule has 0 aliphatic heterocycles. The Bertz CT molecular complexity index is 1560. The first kappa shape index (κ1) is 21.3. The van der Waals surface area contributed by atoms with Crippen molar-refractivity contribution in [1.29, 1.82) is 0 Å². The number of carbonyl (C=O) groups is 1. The van der Waals surface area contributed by atoms with Gasteiger partial charge in [0.25, 0.3) is 5.56 Å². The highest BCUT2D eigenvalue weighted by atomic mass is 19.1. The second kappa shape index (κ2) is 8.78. The Morgan fingerprint density at radius 3 is 2.29 bits per heavy atom. The van der Waals surface area contributed by atoms with Gasteiger partial charge in [0.05, 0.1) is 11.4 Å². The molecule has 6 nitrogen and oxygen atoms in total. The third kappa shape index (κ3) is 3.88. The van der Waals surface area contributed by atoms with Crippen molar-refractivity contribution in [2.45, 2.75) is 13.5 Å². The quantitative estimate of drug-likeness (QED) is 0.411. The molecule has 3 aromatic carbocycles. The Morgan fingerprint density at radius 1 is 0.941 bits per heavy atom. The van der Waals surface area contributed by atoms with Crippen molar-refractivity contribution < 1.29 is 9.18 Å². The molecule has 7 heteroatoms. The Balaban J connectivity index is 1.71. The fourth-order valence-corrected chi connectivity index (χ4v) is 4.06. The van der Waals surface area contributed by atoms with Gasteiger partial charge >= 0.3 is 0 Å². The van der Waals surface area contributed by atoms with Gasteiger partial charge in [0.1, 0.15) is 23.7 Å². The molecule has 0 aliphatic rings. The topological polar surface area (TPSA) is 68.9 Å². The molecule has 2 heterocycles. The summed E-state index contributed by atoms with van der Waals surface area (Å²) in [5, 5.41) is 8.19. The third-order valence-corrected chi connectivity index (χ3v) is 5.61. The van der Waals surface area contributed by atoms with Crippen LogP contribution in [-0.2, 0) is 11.3 Å². The molecule has 0 saturated carbocycles. The summed E-state index contributed by atoms with van der Waals surface area (Å²) in [6, 6.07) is 26.5. The lowest BCUT2D eigenvalue weighted by molar-refractivity contribution is -0.116. The minimum absolute atomic E-state index is 0.0606. The highest BCUT2D eigenvalue weighted by Crippen LogP contribution is 2.31. The average Bonchev–Trinajstić information content (AvgIpc) is 3.25. The number of benzene rings is 3. The van der Waals surface area contributed by atoms with Gasteiger partial charge in [-0.1, -0.05) is 60.7 Å². The van der Waals surface area contributed by atoms with Crippen molar-refractivity contribution in [2.24, 2.45) is 0 Å². The first-order chi connectivity index (χ1) is 16.5. The molecule has 2 aromatic heterocycles. The predicted octanol–water partition coefficient (Wildman–Crippen LogP) is 4.94. The number of halogens is 1. The number of fused-ring (bicyclic) bond motifs is 1. The summed E-state index contributed by atoms with van der Waals surface area (Å²) in [4.78, 5) is 26.0. The van der Waals surface area contributed by atoms with Crippen LogP contribution >= 0.6 is 0 Å². The molecule has 0 atom stereocenters. The standard InChI is InChI=1S/C27H21FN4O2/c1-18-16-24(34)31(17-23(33)29-22-15-9-8-14-21(22)28)27-25(18)26(19-10-4-2-5-11-19)30-32(27)20-12-6-3-7-13-20/h2-16H,17H2,1H3,(H,29,33). The number of nitrogens with one attached hydrogen (secondary N) is 1. The van der Waals surface area contributed by atoms with Gasteiger partial charge in [-0.2, -0.15) is 5.10 Å². The van der Waals surface area contributed by atoms with Gasteiger partial charge in [-0.15, -0.1) is 0 Å². The van der Waals surface area contributed by atoms with Gasteiger partial charge < -0.3 is 5.32 Å². The number of pyridine rings is 1. The van der Waals surface area contributed by atoms with E-state index >= 15 is 0 Å². The van der Waals surface area contributed by atoms with E-state index in [-0.39, 0.29) is 17.8 Å². The predicted molar refractivity (Wildman–Crippen MR) is 131 cm³/mol. The van der Waals surface area contributed by atoms with Gasteiger partial charge in [-0.3, -0.25) is 14.2 Å². The summed E-state index contributed by atoms with van der Waals surface area (Å²) < 4.78 is 17.1. The number of nitrogens with zero attached hydrogens (tertiary/aromatic N) is 3. The molecule has 0 bridgehead atoms. The molecule has 5 aromatic rings. The lowest BCUT2D eigenvalue weighted by atomic mass is 10.1. The van der Waals surface area contributed by atoms with E-state index < -0.39 is 11.7 Å². The molecule has 5 rings (SSSR count). The summed E-state index contributed by atoms with van der Waals surface area (Å²) >= 11 is 0. The maximum Gasteiger partial charge on any atom is 0.252 e. The van der Waals surface area contributed by atoms with E-state index in [4.69, 9.17) is 5.10 Å². The molecule has 0 fully saturated rings. The molecule has 0 unspecified atom stereocenters. The Hall–Kier alpha value is -4.52. The molecule has 0 spiro atoms. The van der Waals surface area contributed by atoms with E-state index in [1.807, 2.05) is 67.6 Å². The van der Waals surface area contributed by atoms with Gasteiger partial charge in [0, 0.05) is 17.0 Å². The van der Waals surface area contributed by atoms with E-state index in [9.17, 15) is 14.0 Å². The number of amides is 1. The first-order valence-corrected chi connectivity index (χ1v) is 10.8. The van der Waals surface area contributed by atoms with Crippen molar-refractivity contribution in [2.75, 3.05) is 5.32 Å². The minimum atomic E-state index is -0.544. The number of anilines is 1. The smallest absolute Gasteiger partial charge is 0.252 e. The number of hydrogen-bond acceptors (Lipinski definition) is 3. The maximum absolute atomic E-state index is 14.1. The van der Waals surface area contributed by atoms with Crippen LogP contribution in [0.2, 0.25) is 0 Å². The Labute approximate surface area is 194 Å². The second-order valence-corrected chi connectivity index (χ2v) is 7.94. The van der Waals surface area contributed by atoms with Crippen LogP contribution in [0.15, 0.2) is 95.8 Å². The Morgan fingerprint density at radius 2 is 1.59 bits per heavy atom. The van der Waals surface area contributed by atoms with Gasteiger partial charge in [-0.05, 0) is 36.8 Å². The summed E-state index contributed by atoms with van der Waals surface area (Å²) in [6.07, 6.45) is 0. The number of para-hydroxylation sites is 2. The van der Waals surface area contributed by atoms with Gasteiger partial charge in [-0.25, -0.2) is 9.07 Å². The van der Waals surface area contributed by atoms with Crippen LogP contribution in [0, 0.1) is 12.7 Å². The van der Waals surface area contributed by atoms with E-state index in [0.29, 0.717) is 11.3 Å². The van der Waals surface area contributed by atoms with Crippen molar-refractivity contribution in [1.82, 2.24) is 14.3 Å². The fraction of sp³-hybridized carbons (Fsp3) is 0.0741. The molecule has 0 radical (unpaired) electrons. The maximum atomic E-state index is 14.1. The molecule has 34 heavy (non-hydrogen) atoms. The van der Waals surface area contributed by atoms with Crippen molar-refractivity contribution in [3.8, 4) is 16.9 Å². The van der Waals surface area contributed by atoms with Crippen LogP contribution in [-0.4, -0.2) is 20.3 Å². The van der Waals surface area contributed by atoms with E-state index in [1.54, 1.807) is 16.8 Å². The summed E-state index contributed by atoms with van der Waals surface area (Å²) in [5.41, 5.74) is 3.33. The number of carbonyl (C=O) groups excluding carboxylic acids is 1. The fourth-order valence-electron chi connectivity index (χ4n) is 4.06. The third-order valence-electron chi connectivity index (χ3n) is 5.61. The zero-order valence-electron chi connectivity index (χ0n) is 18.4. The lowest BCUT2D eigenvalue weighted by Crippen LogP contribution is -2.29. The van der Waals surface area contributed by atoms with Crippen molar-refractivity contribution in [3.05, 3.63) is 113 Å². The largest absolute Gasteiger partial charge is 0.322 e. The lowest BCUT2D eigenvalue weighted by Gasteiger charge is -2.13. The van der Waals surface area contributed by atoms with Gasteiger partial charge in [0.15, 0.2) is 0 Å². The average molecular weight is 452 g/mol. The van der Waals surface area contributed by atoms with E-state index in [0.717, 1.165) is 22.2 Å². The molecular weight excluding hydrogens is 431 g/mol. The Kier molecular flexibility index (Phi) is 5.51. The summed E-state index contributed by atoms with van der Waals surface area (Å²) in [6.45, 7) is 1.56. The van der Waals surface area contributed by atoms with E-state index in [1.165, 1.54) is 22.8 Å². The van der Waals surface area contributed by atoms with Crippen molar-refractivity contribution >= 4 is 22.6 Å². The number of aromatic nitrogens is 3. The molecule has 1 N–H and O–H groups in total. The summed E-state index contributed by atoms with van der Waals surface area (Å²) in [5.74, 6) is -1.06. The van der Waals surface area contributed by atoms with Gasteiger partial charge in [0.2, 0.25) is 5.91 Å². The minimum Gasteiger partial charge on any atom is -0.322 e. The highest BCUT2D eigenvalue weighted by Gasteiger charge is 2.21. The van der Waals surface area contributed by atoms with Crippen LogP contribution in [0.3, 0.4) is 0 Å². The molecule has 1 amide bonds. The second-order valence-electron chi connectivity index (χ2n) is 7.94. The van der Waals surface area contributed by atoms with Crippen LogP contribution in [0.1, 0.15) is 5.56 Å². The molecule has 0 saturated heterocycles. The SMILES string of the molecule is Cc1cc(=O)n(CC(=O)Nc2ccccc2F)c2c1c(-c1ccccc1)nn2-c1ccccc1. The van der Waals surface area contributed by atoms with Crippen LogP contribution in [0.4, 0.5) is 10.1 Å². The summed E-state index contributed by atoms with van der Waals surface area (Å²) in [7, 11) is 0. The van der Waals surface area contributed by atoms with Crippen LogP contribution < -0.4 is 10.9 Å². The highest BCUT2D eigenvalue weighted by molar-refractivity contribution is 5.96. The molecular formula is C27H21FN4O2. The van der Waals surface area contributed by atoms with E-state index in [2.05, 4.69) is 5.32 Å². The zero-order valence-corrected chi connectivity index (χ0v) is 18.4. The first-order valence-electron chi connectivity index (χ1n) is 10.8. The number of rotatable bonds is 5. The van der Waals surface area contributed by atoms with Crippen LogP contribution in [0.25, 0.3) is 28.0 Å². The number of aryl methyl sites for hydroxylation is 1. The molecule has 0 aliphatic carbocycles. The normalized spacial score (nSPS) is 11.0. The number of hydrogen-bond donors (Lipinski definition) is 1. The van der Waals surface area contributed by atoms with Crippen LogP contribution in [0.5, 0.6) is 0 Å². The monoisotopic (exact) mass is 452 g/mol. The zero-order chi connectivity index (χ0) is 23.7. The molecule has 168 valence electrons. The van der Waals surface area contributed by atoms with Crippen molar-refractivity contribution in [3.63, 3.8) is 0 Å².